The van der Waals surface area contributed by atoms with Crippen LogP contribution in [0.5, 0.6) is 0 Å². The third kappa shape index (κ3) is 3.44. The Balaban J connectivity index is 2.07. The van der Waals surface area contributed by atoms with Crippen LogP contribution < -0.4 is 10.6 Å². The van der Waals surface area contributed by atoms with E-state index in [0.717, 1.165) is 11.3 Å². The fourth-order valence-corrected chi connectivity index (χ4v) is 1.97. The van der Waals surface area contributed by atoms with Crippen LogP contribution >= 0.6 is 0 Å². The minimum Gasteiger partial charge on any atom is -0.349 e. The lowest BCUT2D eigenvalue weighted by Crippen LogP contribution is -2.24. The van der Waals surface area contributed by atoms with E-state index in [0.29, 0.717) is 24.9 Å². The number of amides is 2. The first-order valence-corrected chi connectivity index (χ1v) is 6.40. The lowest BCUT2D eigenvalue weighted by Gasteiger charge is -2.17. The van der Waals surface area contributed by atoms with Gasteiger partial charge in [0, 0.05) is 24.2 Å². The van der Waals surface area contributed by atoms with Gasteiger partial charge in [-0.05, 0) is 44.0 Å². The molecule has 0 saturated heterocycles. The second-order valence-electron chi connectivity index (χ2n) is 4.91. The molecule has 4 heteroatoms. The first-order chi connectivity index (χ1) is 9.06. The summed E-state index contributed by atoms with van der Waals surface area (Å²) in [5.74, 6) is -0.0505. The summed E-state index contributed by atoms with van der Waals surface area (Å²) in [6, 6.07) is 5.39. The molecule has 1 aliphatic rings. The zero-order chi connectivity index (χ0) is 13.8. The van der Waals surface area contributed by atoms with E-state index in [4.69, 9.17) is 0 Å². The Kier molecular flexibility index (Phi) is 4.00. The summed E-state index contributed by atoms with van der Waals surface area (Å²) in [4.78, 5) is 23.2. The van der Waals surface area contributed by atoms with Crippen LogP contribution in [0.2, 0.25) is 0 Å². The summed E-state index contributed by atoms with van der Waals surface area (Å²) >= 11 is 0. The van der Waals surface area contributed by atoms with Crippen LogP contribution in [0.3, 0.4) is 0 Å². The molecular formula is C15H18N2O2. The first-order valence-electron chi connectivity index (χ1n) is 6.40. The van der Waals surface area contributed by atoms with Gasteiger partial charge < -0.3 is 10.6 Å². The average Bonchev–Trinajstić information content (AvgIpc) is 2.37. The fraction of sp³-hybridized carbons (Fsp3) is 0.333. The number of carbonyl (C=O) groups excluding carboxylic acids is 2. The van der Waals surface area contributed by atoms with Gasteiger partial charge in [-0.3, -0.25) is 9.59 Å². The number of rotatable bonds is 3. The van der Waals surface area contributed by atoms with Crippen LogP contribution in [0, 0.1) is 0 Å². The number of aryl methyl sites for hydroxylation is 1. The van der Waals surface area contributed by atoms with Crippen molar-refractivity contribution in [2.75, 3.05) is 11.9 Å². The van der Waals surface area contributed by atoms with E-state index in [9.17, 15) is 9.59 Å². The van der Waals surface area contributed by atoms with Crippen molar-refractivity contribution in [2.45, 2.75) is 26.7 Å². The highest BCUT2D eigenvalue weighted by molar-refractivity contribution is 5.97. The van der Waals surface area contributed by atoms with Crippen molar-refractivity contribution in [3.63, 3.8) is 0 Å². The van der Waals surface area contributed by atoms with Crippen LogP contribution in [0.4, 0.5) is 5.69 Å². The van der Waals surface area contributed by atoms with E-state index in [1.807, 2.05) is 26.0 Å². The smallest absolute Gasteiger partial charge is 0.251 e. The maximum atomic E-state index is 11.9. The molecule has 0 unspecified atom stereocenters. The van der Waals surface area contributed by atoms with Crippen molar-refractivity contribution in [2.24, 2.45) is 0 Å². The molecule has 2 amide bonds. The van der Waals surface area contributed by atoms with Gasteiger partial charge in [-0.2, -0.15) is 0 Å². The molecule has 0 radical (unpaired) electrons. The molecule has 0 saturated carbocycles. The molecule has 0 fully saturated rings. The molecule has 2 rings (SSSR count). The highest BCUT2D eigenvalue weighted by Crippen LogP contribution is 2.23. The Morgan fingerprint density at radius 3 is 2.89 bits per heavy atom. The molecule has 1 aliphatic heterocycles. The number of allylic oxidation sites excluding steroid dienone is 1. The molecule has 0 aromatic heterocycles. The molecule has 100 valence electrons. The van der Waals surface area contributed by atoms with Crippen LogP contribution in [0.1, 0.15) is 36.2 Å². The largest absolute Gasteiger partial charge is 0.349 e. The number of hydrogen-bond donors (Lipinski definition) is 2. The SMILES string of the molecule is CC(C)=CCNC(=O)c1ccc2c(c1)CCC(=O)N2. The van der Waals surface area contributed by atoms with E-state index in [-0.39, 0.29) is 11.8 Å². The number of anilines is 1. The molecule has 0 atom stereocenters. The second kappa shape index (κ2) is 5.69. The zero-order valence-electron chi connectivity index (χ0n) is 11.2. The monoisotopic (exact) mass is 258 g/mol. The number of benzene rings is 1. The van der Waals surface area contributed by atoms with E-state index in [2.05, 4.69) is 10.6 Å². The summed E-state index contributed by atoms with van der Waals surface area (Å²) in [6.07, 6.45) is 3.14. The molecule has 19 heavy (non-hydrogen) atoms. The normalized spacial score (nSPS) is 13.3. The van der Waals surface area contributed by atoms with Crippen LogP contribution in [0.25, 0.3) is 0 Å². The molecule has 1 aromatic carbocycles. The maximum Gasteiger partial charge on any atom is 0.251 e. The number of nitrogens with one attached hydrogen (secondary N) is 2. The molecule has 0 spiro atoms. The fourth-order valence-electron chi connectivity index (χ4n) is 1.97. The van der Waals surface area contributed by atoms with Gasteiger partial charge >= 0.3 is 0 Å². The minimum atomic E-state index is -0.0859. The highest BCUT2D eigenvalue weighted by atomic mass is 16.2. The molecular weight excluding hydrogens is 240 g/mol. The van der Waals surface area contributed by atoms with Crippen molar-refractivity contribution in [3.05, 3.63) is 41.0 Å². The van der Waals surface area contributed by atoms with Gasteiger partial charge in [-0.1, -0.05) is 11.6 Å². The Bertz CT molecular complexity index is 543. The van der Waals surface area contributed by atoms with Crippen LogP contribution in [0.15, 0.2) is 29.8 Å². The molecule has 2 N–H and O–H groups in total. The molecule has 0 bridgehead atoms. The predicted octanol–water partition coefficient (Wildman–Crippen LogP) is 2.27. The Morgan fingerprint density at radius 1 is 1.37 bits per heavy atom. The van der Waals surface area contributed by atoms with E-state index in [1.165, 1.54) is 5.57 Å². The quantitative estimate of drug-likeness (QED) is 0.817. The van der Waals surface area contributed by atoms with Crippen molar-refractivity contribution in [3.8, 4) is 0 Å². The van der Waals surface area contributed by atoms with Gasteiger partial charge in [0.2, 0.25) is 5.91 Å². The summed E-state index contributed by atoms with van der Waals surface area (Å²) in [5, 5.41) is 5.65. The second-order valence-corrected chi connectivity index (χ2v) is 4.91. The number of fused-ring (bicyclic) bond motifs is 1. The van der Waals surface area contributed by atoms with Crippen molar-refractivity contribution >= 4 is 17.5 Å². The van der Waals surface area contributed by atoms with Gasteiger partial charge in [0.15, 0.2) is 0 Å². The molecule has 0 aliphatic carbocycles. The maximum absolute atomic E-state index is 11.9. The lowest BCUT2D eigenvalue weighted by molar-refractivity contribution is -0.116. The first kappa shape index (κ1) is 13.3. The summed E-state index contributed by atoms with van der Waals surface area (Å²) in [7, 11) is 0. The van der Waals surface area contributed by atoms with E-state index >= 15 is 0 Å². The highest BCUT2D eigenvalue weighted by Gasteiger charge is 2.16. The van der Waals surface area contributed by atoms with Gasteiger partial charge in [-0.15, -0.1) is 0 Å². The van der Waals surface area contributed by atoms with Crippen LogP contribution in [-0.2, 0) is 11.2 Å². The van der Waals surface area contributed by atoms with Crippen LogP contribution in [-0.4, -0.2) is 18.4 Å². The predicted molar refractivity (Wildman–Crippen MR) is 75.2 cm³/mol. The summed E-state index contributed by atoms with van der Waals surface area (Å²) < 4.78 is 0. The van der Waals surface area contributed by atoms with Gasteiger partial charge in [0.1, 0.15) is 0 Å². The van der Waals surface area contributed by atoms with Crippen molar-refractivity contribution in [1.29, 1.82) is 0 Å². The molecule has 1 aromatic rings. The summed E-state index contributed by atoms with van der Waals surface area (Å²) in [5.41, 5.74) is 3.65. The molecule has 4 nitrogen and oxygen atoms in total. The minimum absolute atomic E-state index is 0.0354. The lowest BCUT2D eigenvalue weighted by atomic mass is 10.00. The number of carbonyl (C=O) groups is 2. The zero-order valence-corrected chi connectivity index (χ0v) is 11.2. The Hall–Kier alpha value is -2.10. The van der Waals surface area contributed by atoms with Gasteiger partial charge in [0.25, 0.3) is 5.91 Å². The topological polar surface area (TPSA) is 58.2 Å². The number of hydrogen-bond acceptors (Lipinski definition) is 2. The van der Waals surface area contributed by atoms with E-state index < -0.39 is 0 Å². The Labute approximate surface area is 112 Å². The standard InChI is InChI=1S/C15H18N2O2/c1-10(2)7-8-16-15(19)12-3-5-13-11(9-12)4-6-14(18)17-13/h3,5,7,9H,4,6,8H2,1-2H3,(H,16,19)(H,17,18). The third-order valence-corrected chi connectivity index (χ3v) is 3.04. The van der Waals surface area contributed by atoms with Gasteiger partial charge in [-0.25, -0.2) is 0 Å². The van der Waals surface area contributed by atoms with Gasteiger partial charge in [0.05, 0.1) is 0 Å². The average molecular weight is 258 g/mol. The van der Waals surface area contributed by atoms with E-state index in [1.54, 1.807) is 12.1 Å². The summed E-state index contributed by atoms with van der Waals surface area (Å²) in [6.45, 7) is 4.52. The van der Waals surface area contributed by atoms with Crippen molar-refractivity contribution < 1.29 is 9.59 Å². The van der Waals surface area contributed by atoms with Crippen molar-refractivity contribution in [1.82, 2.24) is 5.32 Å². The third-order valence-electron chi connectivity index (χ3n) is 3.04. The Morgan fingerprint density at radius 2 is 2.16 bits per heavy atom. The molecule has 1 heterocycles.